The Kier molecular flexibility index (Phi) is 5.75. The van der Waals surface area contributed by atoms with Crippen LogP contribution in [0.3, 0.4) is 0 Å². The minimum absolute atomic E-state index is 0.357. The second-order valence-electron chi connectivity index (χ2n) is 8.64. The number of hydrogen-bond acceptors (Lipinski definition) is 5. The highest BCUT2D eigenvalue weighted by Crippen LogP contribution is 2.27. The van der Waals surface area contributed by atoms with Gasteiger partial charge in [0.05, 0.1) is 16.7 Å². The van der Waals surface area contributed by atoms with Crippen molar-refractivity contribution in [2.24, 2.45) is 0 Å². The SMILES string of the molecule is CC(C)(C)OC(=O)n1cc(B(O)OC(C)(C)C(C)(C)O)c2cc(Cl)ccc21. The molecule has 1 aromatic carbocycles. The van der Waals surface area contributed by atoms with E-state index >= 15 is 0 Å². The number of rotatable bonds is 4. The van der Waals surface area contributed by atoms with Crippen LogP contribution < -0.4 is 5.46 Å². The van der Waals surface area contributed by atoms with E-state index in [9.17, 15) is 14.9 Å². The highest BCUT2D eigenvalue weighted by Gasteiger charge is 2.40. The summed E-state index contributed by atoms with van der Waals surface area (Å²) in [7, 11) is -1.38. The average Bonchev–Trinajstić information content (AvgIpc) is 2.82. The molecule has 27 heavy (non-hydrogen) atoms. The van der Waals surface area contributed by atoms with Crippen LogP contribution >= 0.6 is 11.6 Å². The number of benzene rings is 1. The summed E-state index contributed by atoms with van der Waals surface area (Å²) in [6.07, 6.45) is 0.898. The zero-order chi connectivity index (χ0) is 20.8. The maximum atomic E-state index is 12.6. The van der Waals surface area contributed by atoms with Crippen LogP contribution in [-0.2, 0) is 9.39 Å². The zero-order valence-corrected chi connectivity index (χ0v) is 17.6. The number of carbonyl (C=O) groups is 1. The Bertz CT molecular complexity index is 848. The van der Waals surface area contributed by atoms with E-state index in [0.717, 1.165) is 0 Å². The van der Waals surface area contributed by atoms with E-state index < -0.39 is 30.0 Å². The molecule has 0 saturated heterocycles. The predicted molar refractivity (Wildman–Crippen MR) is 108 cm³/mol. The molecule has 1 aromatic heterocycles. The van der Waals surface area contributed by atoms with Crippen LogP contribution in [0.25, 0.3) is 10.9 Å². The standard InChI is InChI=1S/C19H27BClNO5/c1-17(2,3)26-16(23)22-11-14(13-10-12(21)8-9-15(13)22)20(25)27-19(6,7)18(4,5)24/h8-11,24-25H,1-7H3. The quantitative estimate of drug-likeness (QED) is 0.776. The minimum Gasteiger partial charge on any atom is -0.443 e. The summed E-state index contributed by atoms with van der Waals surface area (Å²) in [6.45, 7) is 11.9. The third-order valence-corrected chi connectivity index (χ3v) is 4.77. The van der Waals surface area contributed by atoms with Gasteiger partial charge in [-0.05, 0) is 66.7 Å². The Morgan fingerprint density at radius 1 is 1.15 bits per heavy atom. The van der Waals surface area contributed by atoms with Gasteiger partial charge in [-0.3, -0.25) is 4.57 Å². The van der Waals surface area contributed by atoms with Crippen LogP contribution in [0.5, 0.6) is 0 Å². The molecule has 0 aliphatic rings. The van der Waals surface area contributed by atoms with Crippen molar-refractivity contribution < 1.29 is 24.3 Å². The van der Waals surface area contributed by atoms with Gasteiger partial charge < -0.3 is 19.5 Å². The van der Waals surface area contributed by atoms with Gasteiger partial charge in [0.1, 0.15) is 5.60 Å². The Balaban J connectivity index is 2.51. The van der Waals surface area contributed by atoms with Gasteiger partial charge in [-0.25, -0.2) is 4.79 Å². The van der Waals surface area contributed by atoms with Crippen LogP contribution in [0.2, 0.25) is 5.02 Å². The number of ether oxygens (including phenoxy) is 1. The first-order valence-electron chi connectivity index (χ1n) is 8.74. The molecule has 0 fully saturated rings. The summed E-state index contributed by atoms with van der Waals surface area (Å²) in [4.78, 5) is 12.6. The minimum atomic E-state index is -1.38. The molecule has 0 spiro atoms. The number of nitrogens with zero attached hydrogens (tertiary/aromatic N) is 1. The third kappa shape index (κ3) is 4.85. The van der Waals surface area contributed by atoms with Crippen LogP contribution in [0.1, 0.15) is 48.5 Å². The number of carbonyl (C=O) groups excluding carboxylic acids is 1. The fraction of sp³-hybridized carbons (Fsp3) is 0.526. The summed E-state index contributed by atoms with van der Waals surface area (Å²) < 4.78 is 12.5. The van der Waals surface area contributed by atoms with E-state index in [1.165, 1.54) is 10.8 Å². The molecule has 2 rings (SSSR count). The molecule has 6 nitrogen and oxygen atoms in total. The monoisotopic (exact) mass is 395 g/mol. The number of fused-ring (bicyclic) bond motifs is 1. The number of aliphatic hydroxyl groups is 1. The van der Waals surface area contributed by atoms with E-state index in [0.29, 0.717) is 21.4 Å². The molecule has 0 amide bonds. The van der Waals surface area contributed by atoms with Gasteiger partial charge in [0.25, 0.3) is 0 Å². The van der Waals surface area contributed by atoms with E-state index in [1.54, 1.807) is 66.7 Å². The Morgan fingerprint density at radius 2 is 1.74 bits per heavy atom. The highest BCUT2D eigenvalue weighted by molar-refractivity contribution is 6.63. The number of hydrogen-bond donors (Lipinski definition) is 2. The normalized spacial score (nSPS) is 13.1. The molecule has 0 saturated carbocycles. The molecule has 8 heteroatoms. The van der Waals surface area contributed by atoms with E-state index in [4.69, 9.17) is 21.0 Å². The molecule has 1 heterocycles. The third-order valence-electron chi connectivity index (χ3n) is 4.53. The smallest absolute Gasteiger partial charge is 0.443 e. The lowest BCUT2D eigenvalue weighted by Gasteiger charge is -2.38. The van der Waals surface area contributed by atoms with Crippen molar-refractivity contribution in [1.82, 2.24) is 4.57 Å². The van der Waals surface area contributed by atoms with Gasteiger partial charge in [0.2, 0.25) is 0 Å². The maximum Gasteiger partial charge on any atom is 0.493 e. The first-order chi connectivity index (χ1) is 12.1. The van der Waals surface area contributed by atoms with Crippen molar-refractivity contribution in [3.63, 3.8) is 0 Å². The predicted octanol–water partition coefficient (Wildman–Crippen LogP) is 3.33. The van der Waals surface area contributed by atoms with Crippen molar-refractivity contribution in [3.05, 3.63) is 29.4 Å². The van der Waals surface area contributed by atoms with E-state index in [2.05, 4.69) is 0 Å². The topological polar surface area (TPSA) is 80.9 Å². The van der Waals surface area contributed by atoms with Crippen molar-refractivity contribution in [1.29, 1.82) is 0 Å². The lowest BCUT2D eigenvalue weighted by molar-refractivity contribution is -0.0982. The van der Waals surface area contributed by atoms with Crippen LogP contribution in [-0.4, -0.2) is 44.7 Å². The second-order valence-corrected chi connectivity index (χ2v) is 9.07. The Morgan fingerprint density at radius 3 is 2.26 bits per heavy atom. The molecule has 0 aliphatic heterocycles. The largest absolute Gasteiger partial charge is 0.493 e. The van der Waals surface area contributed by atoms with Gasteiger partial charge in [-0.1, -0.05) is 11.6 Å². The van der Waals surface area contributed by atoms with Crippen LogP contribution in [0.15, 0.2) is 24.4 Å². The van der Waals surface area contributed by atoms with Gasteiger partial charge in [-0.2, -0.15) is 0 Å². The van der Waals surface area contributed by atoms with Crippen LogP contribution in [0.4, 0.5) is 4.79 Å². The molecule has 2 aromatic rings. The summed E-state index contributed by atoms with van der Waals surface area (Å²) in [6, 6.07) is 4.98. The first kappa shape index (κ1) is 21.8. The maximum absolute atomic E-state index is 12.6. The summed E-state index contributed by atoms with van der Waals surface area (Å²) in [5.41, 5.74) is -2.03. The lowest BCUT2D eigenvalue weighted by atomic mass is 9.76. The summed E-state index contributed by atoms with van der Waals surface area (Å²) in [5, 5.41) is 22.0. The number of halogens is 1. The Labute approximate surface area is 165 Å². The zero-order valence-electron chi connectivity index (χ0n) is 16.8. The van der Waals surface area contributed by atoms with Gasteiger partial charge in [0, 0.05) is 22.1 Å². The van der Waals surface area contributed by atoms with Gasteiger partial charge in [0.15, 0.2) is 0 Å². The van der Waals surface area contributed by atoms with Crippen molar-refractivity contribution in [3.8, 4) is 0 Å². The Hall–Kier alpha value is -1.54. The molecular formula is C19H27BClNO5. The number of aromatic nitrogens is 1. The molecule has 0 radical (unpaired) electrons. The molecule has 0 atom stereocenters. The average molecular weight is 396 g/mol. The lowest BCUT2D eigenvalue weighted by Crippen LogP contribution is -2.53. The molecular weight excluding hydrogens is 368 g/mol. The summed E-state index contributed by atoms with van der Waals surface area (Å²) >= 11 is 6.11. The van der Waals surface area contributed by atoms with E-state index in [1.807, 2.05) is 0 Å². The molecule has 2 N–H and O–H groups in total. The van der Waals surface area contributed by atoms with E-state index in [-0.39, 0.29) is 0 Å². The fourth-order valence-corrected chi connectivity index (χ4v) is 2.55. The van der Waals surface area contributed by atoms with Crippen molar-refractivity contribution in [2.75, 3.05) is 0 Å². The van der Waals surface area contributed by atoms with Crippen LogP contribution in [0, 0.1) is 0 Å². The molecule has 0 bridgehead atoms. The second kappa shape index (κ2) is 7.13. The first-order valence-corrected chi connectivity index (χ1v) is 9.12. The van der Waals surface area contributed by atoms with Crippen molar-refractivity contribution >= 4 is 41.2 Å². The summed E-state index contributed by atoms with van der Waals surface area (Å²) in [5.74, 6) is 0. The highest BCUT2D eigenvalue weighted by atomic mass is 35.5. The van der Waals surface area contributed by atoms with Gasteiger partial charge >= 0.3 is 13.2 Å². The molecule has 148 valence electrons. The molecule has 0 aliphatic carbocycles. The fourth-order valence-electron chi connectivity index (χ4n) is 2.37. The van der Waals surface area contributed by atoms with Crippen molar-refractivity contribution in [2.45, 2.75) is 65.3 Å². The van der Waals surface area contributed by atoms with Gasteiger partial charge in [-0.15, -0.1) is 0 Å². The molecule has 0 unspecified atom stereocenters.